The van der Waals surface area contributed by atoms with E-state index in [1.807, 2.05) is 18.2 Å². The highest BCUT2D eigenvalue weighted by atomic mass is 35.5. The second-order valence-corrected chi connectivity index (χ2v) is 4.40. The summed E-state index contributed by atoms with van der Waals surface area (Å²) in [7, 11) is 1.42. The first-order valence-electron chi connectivity index (χ1n) is 5.31. The third kappa shape index (κ3) is 2.47. The fourth-order valence-corrected chi connectivity index (χ4v) is 2.16. The van der Waals surface area contributed by atoms with Crippen molar-refractivity contribution in [2.45, 2.75) is 25.3 Å². The van der Waals surface area contributed by atoms with E-state index in [0.29, 0.717) is 6.42 Å². The second kappa shape index (κ2) is 4.74. The minimum Gasteiger partial charge on any atom is -0.469 e. The summed E-state index contributed by atoms with van der Waals surface area (Å²) in [5.41, 5.74) is 2.29. The first-order valence-corrected chi connectivity index (χ1v) is 5.68. The number of nitrogens with one attached hydrogen (secondary N) is 1. The fourth-order valence-electron chi connectivity index (χ4n) is 1.97. The molecule has 1 aliphatic heterocycles. The van der Waals surface area contributed by atoms with E-state index in [9.17, 15) is 4.79 Å². The lowest BCUT2D eigenvalue weighted by Crippen LogP contribution is -2.28. The summed E-state index contributed by atoms with van der Waals surface area (Å²) in [6.45, 7) is 0. The maximum absolute atomic E-state index is 11.2. The minimum absolute atomic E-state index is 0.168. The van der Waals surface area contributed by atoms with Crippen LogP contribution in [0.5, 0.6) is 0 Å². The van der Waals surface area contributed by atoms with Gasteiger partial charge in [0.25, 0.3) is 0 Å². The van der Waals surface area contributed by atoms with Crippen molar-refractivity contribution < 1.29 is 9.53 Å². The van der Waals surface area contributed by atoms with Crippen molar-refractivity contribution in [1.29, 1.82) is 0 Å². The van der Waals surface area contributed by atoms with E-state index in [1.165, 1.54) is 12.7 Å². The Labute approximate surface area is 99.7 Å². The molecule has 0 aromatic heterocycles. The number of hydrogen-bond acceptors (Lipinski definition) is 3. The highest BCUT2D eigenvalue weighted by Crippen LogP contribution is 2.28. The van der Waals surface area contributed by atoms with Crippen LogP contribution in [0.25, 0.3) is 0 Å². The second-order valence-electron chi connectivity index (χ2n) is 3.96. The Morgan fingerprint density at radius 2 is 2.44 bits per heavy atom. The van der Waals surface area contributed by atoms with Crippen molar-refractivity contribution >= 4 is 23.3 Å². The Bertz CT molecular complexity index is 406. The monoisotopic (exact) mass is 239 g/mol. The van der Waals surface area contributed by atoms with Crippen molar-refractivity contribution in [3.05, 3.63) is 28.8 Å². The number of ether oxygens (including phenoxy) is 1. The largest absolute Gasteiger partial charge is 0.469 e. The molecule has 0 bridgehead atoms. The topological polar surface area (TPSA) is 38.3 Å². The summed E-state index contributed by atoms with van der Waals surface area (Å²) in [5.74, 6) is -0.171. The van der Waals surface area contributed by atoms with E-state index >= 15 is 0 Å². The van der Waals surface area contributed by atoms with Crippen LogP contribution in [0.15, 0.2) is 18.2 Å². The van der Waals surface area contributed by atoms with Crippen LogP contribution in [-0.4, -0.2) is 19.1 Å². The van der Waals surface area contributed by atoms with Crippen molar-refractivity contribution in [3.63, 3.8) is 0 Å². The molecule has 0 aliphatic carbocycles. The lowest BCUT2D eigenvalue weighted by molar-refractivity contribution is -0.140. The summed E-state index contributed by atoms with van der Waals surface area (Å²) >= 11 is 5.92. The Kier molecular flexibility index (Phi) is 3.34. The average molecular weight is 240 g/mol. The SMILES string of the molecule is COC(=O)CC1CCc2cc(Cl)ccc2N1. The molecule has 1 N–H and O–H groups in total. The average Bonchev–Trinajstić information content (AvgIpc) is 2.29. The molecule has 0 radical (unpaired) electrons. The molecule has 2 rings (SSSR count). The molecule has 1 aliphatic rings. The smallest absolute Gasteiger partial charge is 0.307 e. The third-order valence-electron chi connectivity index (χ3n) is 2.83. The number of anilines is 1. The van der Waals surface area contributed by atoms with E-state index < -0.39 is 0 Å². The van der Waals surface area contributed by atoms with Gasteiger partial charge in [0, 0.05) is 16.8 Å². The zero-order valence-electron chi connectivity index (χ0n) is 9.13. The van der Waals surface area contributed by atoms with Crippen LogP contribution in [0.2, 0.25) is 5.02 Å². The van der Waals surface area contributed by atoms with E-state index in [1.54, 1.807) is 0 Å². The summed E-state index contributed by atoms with van der Waals surface area (Å²) in [4.78, 5) is 11.2. The number of esters is 1. The quantitative estimate of drug-likeness (QED) is 0.807. The van der Waals surface area contributed by atoms with Crippen LogP contribution in [0.1, 0.15) is 18.4 Å². The lowest BCUT2D eigenvalue weighted by Gasteiger charge is -2.26. The van der Waals surface area contributed by atoms with E-state index in [0.717, 1.165) is 23.6 Å². The molecule has 3 nitrogen and oxygen atoms in total. The summed E-state index contributed by atoms with van der Waals surface area (Å²) < 4.78 is 4.66. The molecular formula is C12H14ClNO2. The van der Waals surface area contributed by atoms with Gasteiger partial charge < -0.3 is 10.1 Å². The van der Waals surface area contributed by atoms with Gasteiger partial charge in [0.2, 0.25) is 0 Å². The van der Waals surface area contributed by atoms with E-state index in [4.69, 9.17) is 11.6 Å². The van der Waals surface area contributed by atoms with Gasteiger partial charge in [0.1, 0.15) is 0 Å². The number of carbonyl (C=O) groups excluding carboxylic acids is 1. The summed E-state index contributed by atoms with van der Waals surface area (Å²) in [5, 5.41) is 4.09. The molecule has 0 saturated heterocycles. The zero-order valence-corrected chi connectivity index (χ0v) is 9.88. The van der Waals surface area contributed by atoms with Crippen LogP contribution >= 0.6 is 11.6 Å². The molecule has 16 heavy (non-hydrogen) atoms. The van der Waals surface area contributed by atoms with Crippen molar-refractivity contribution in [2.75, 3.05) is 12.4 Å². The molecule has 0 amide bonds. The molecule has 1 aromatic rings. The highest BCUT2D eigenvalue weighted by molar-refractivity contribution is 6.30. The van der Waals surface area contributed by atoms with Gasteiger partial charge in [-0.3, -0.25) is 4.79 Å². The maximum Gasteiger partial charge on any atom is 0.307 e. The molecule has 4 heteroatoms. The van der Waals surface area contributed by atoms with Crippen LogP contribution in [-0.2, 0) is 16.0 Å². The lowest BCUT2D eigenvalue weighted by atomic mass is 9.96. The fraction of sp³-hybridized carbons (Fsp3) is 0.417. The Hall–Kier alpha value is -1.22. The minimum atomic E-state index is -0.171. The number of hydrogen-bond donors (Lipinski definition) is 1. The molecule has 0 fully saturated rings. The number of halogens is 1. The van der Waals surface area contributed by atoms with Gasteiger partial charge in [0.05, 0.1) is 13.5 Å². The normalized spacial score (nSPS) is 18.5. The van der Waals surface area contributed by atoms with Gasteiger partial charge in [-0.1, -0.05) is 11.6 Å². The molecule has 1 unspecified atom stereocenters. The van der Waals surface area contributed by atoms with Crippen molar-refractivity contribution in [1.82, 2.24) is 0 Å². The molecule has 0 saturated carbocycles. The predicted octanol–water partition coefficient (Wildman–Crippen LogP) is 2.63. The number of carbonyl (C=O) groups is 1. The molecule has 1 heterocycles. The molecule has 1 aromatic carbocycles. The van der Waals surface area contributed by atoms with Crippen LogP contribution in [0, 0.1) is 0 Å². The predicted molar refractivity (Wildman–Crippen MR) is 63.8 cm³/mol. The van der Waals surface area contributed by atoms with Gasteiger partial charge in [-0.2, -0.15) is 0 Å². The van der Waals surface area contributed by atoms with Crippen LogP contribution in [0.3, 0.4) is 0 Å². The molecule has 0 spiro atoms. The summed E-state index contributed by atoms with van der Waals surface area (Å²) in [6.07, 6.45) is 2.30. The first-order chi connectivity index (χ1) is 7.69. The zero-order chi connectivity index (χ0) is 11.5. The first kappa shape index (κ1) is 11.3. The number of aryl methyl sites for hydroxylation is 1. The Balaban J connectivity index is 2.06. The van der Waals surface area contributed by atoms with Crippen LogP contribution < -0.4 is 5.32 Å². The molecule has 86 valence electrons. The van der Waals surface area contributed by atoms with Gasteiger partial charge in [0.15, 0.2) is 0 Å². The molecular weight excluding hydrogens is 226 g/mol. The Morgan fingerprint density at radius 3 is 3.19 bits per heavy atom. The standard InChI is InChI=1S/C12H14ClNO2/c1-16-12(15)7-10-4-2-8-6-9(13)3-5-11(8)14-10/h3,5-6,10,14H,2,4,7H2,1H3. The number of methoxy groups -OCH3 is 1. The molecule has 1 atom stereocenters. The van der Waals surface area contributed by atoms with Gasteiger partial charge >= 0.3 is 5.97 Å². The van der Waals surface area contributed by atoms with E-state index in [-0.39, 0.29) is 12.0 Å². The third-order valence-corrected chi connectivity index (χ3v) is 3.06. The highest BCUT2D eigenvalue weighted by Gasteiger charge is 2.20. The van der Waals surface area contributed by atoms with Crippen molar-refractivity contribution in [3.8, 4) is 0 Å². The Morgan fingerprint density at radius 1 is 1.62 bits per heavy atom. The number of rotatable bonds is 2. The number of fused-ring (bicyclic) bond motifs is 1. The maximum atomic E-state index is 11.2. The van der Waals surface area contributed by atoms with Crippen LogP contribution in [0.4, 0.5) is 5.69 Å². The number of benzene rings is 1. The van der Waals surface area contributed by atoms with Gasteiger partial charge in [-0.15, -0.1) is 0 Å². The van der Waals surface area contributed by atoms with Crippen molar-refractivity contribution in [2.24, 2.45) is 0 Å². The van der Waals surface area contributed by atoms with Gasteiger partial charge in [-0.25, -0.2) is 0 Å². The van der Waals surface area contributed by atoms with Gasteiger partial charge in [-0.05, 0) is 36.6 Å². The summed E-state index contributed by atoms with van der Waals surface area (Å²) in [6, 6.07) is 5.95. The van der Waals surface area contributed by atoms with E-state index in [2.05, 4.69) is 10.1 Å².